The normalized spacial score (nSPS) is 11.0. The SMILES string of the molecule is CCCC[Si](C)(C)OCCN=C=S. The Labute approximate surface area is 87.5 Å². The van der Waals surface area contributed by atoms with Gasteiger partial charge in [0.2, 0.25) is 0 Å². The Hall–Kier alpha value is -0.0231. The molecule has 0 bridgehead atoms. The van der Waals surface area contributed by atoms with Crippen molar-refractivity contribution < 1.29 is 4.43 Å². The molecule has 0 N–H and O–H groups in total. The summed E-state index contributed by atoms with van der Waals surface area (Å²) in [6.07, 6.45) is 2.52. The van der Waals surface area contributed by atoms with Crippen LogP contribution in [-0.4, -0.2) is 26.6 Å². The van der Waals surface area contributed by atoms with Gasteiger partial charge in [-0.25, -0.2) is 4.99 Å². The first kappa shape index (κ1) is 13.0. The molecular weight excluding hydrogens is 198 g/mol. The van der Waals surface area contributed by atoms with Crippen LogP contribution in [0.2, 0.25) is 19.1 Å². The lowest BCUT2D eigenvalue weighted by molar-refractivity contribution is 0.317. The number of aliphatic imine (C=N–C) groups is 1. The molecule has 0 aromatic rings. The Morgan fingerprint density at radius 3 is 2.69 bits per heavy atom. The molecule has 0 saturated carbocycles. The van der Waals surface area contributed by atoms with E-state index in [-0.39, 0.29) is 0 Å². The fourth-order valence-corrected chi connectivity index (χ4v) is 3.17. The molecule has 0 spiro atoms. The van der Waals surface area contributed by atoms with Gasteiger partial charge in [-0.15, -0.1) is 0 Å². The molecule has 0 amide bonds. The van der Waals surface area contributed by atoms with Crippen molar-refractivity contribution >= 4 is 25.7 Å². The van der Waals surface area contributed by atoms with Crippen molar-refractivity contribution in [3.05, 3.63) is 0 Å². The first-order valence-electron chi connectivity index (χ1n) is 4.80. The zero-order valence-corrected chi connectivity index (χ0v) is 10.6. The van der Waals surface area contributed by atoms with E-state index in [0.29, 0.717) is 13.2 Å². The third kappa shape index (κ3) is 8.31. The predicted octanol–water partition coefficient (Wildman–Crippen LogP) is 3.11. The quantitative estimate of drug-likeness (QED) is 0.283. The van der Waals surface area contributed by atoms with Crippen molar-refractivity contribution in [2.75, 3.05) is 13.2 Å². The van der Waals surface area contributed by atoms with Gasteiger partial charge >= 0.3 is 0 Å². The summed E-state index contributed by atoms with van der Waals surface area (Å²) >= 11 is 4.47. The Morgan fingerprint density at radius 1 is 1.46 bits per heavy atom. The van der Waals surface area contributed by atoms with Crippen molar-refractivity contribution in [2.45, 2.75) is 38.9 Å². The number of rotatable bonds is 7. The standard InChI is InChI=1S/C9H19NOSSi/c1-4-5-8-13(2,3)11-7-6-10-9-12/h4-8H2,1-3H3. The van der Waals surface area contributed by atoms with Crippen molar-refractivity contribution in [1.29, 1.82) is 0 Å². The van der Waals surface area contributed by atoms with Crippen LogP contribution in [0, 0.1) is 0 Å². The summed E-state index contributed by atoms with van der Waals surface area (Å²) in [5.41, 5.74) is 0. The summed E-state index contributed by atoms with van der Waals surface area (Å²) in [6.45, 7) is 8.08. The topological polar surface area (TPSA) is 21.6 Å². The third-order valence-corrected chi connectivity index (χ3v) is 4.57. The molecule has 0 aliphatic rings. The fraction of sp³-hybridized carbons (Fsp3) is 0.889. The molecule has 0 aromatic heterocycles. The van der Waals surface area contributed by atoms with Gasteiger partial charge in [0, 0.05) is 0 Å². The molecule has 0 aromatic carbocycles. The second kappa shape index (κ2) is 7.39. The number of nitrogens with zero attached hydrogens (tertiary/aromatic N) is 1. The third-order valence-electron chi connectivity index (χ3n) is 1.89. The highest BCUT2D eigenvalue weighted by Gasteiger charge is 2.20. The van der Waals surface area contributed by atoms with Crippen LogP contribution < -0.4 is 0 Å². The van der Waals surface area contributed by atoms with Gasteiger partial charge < -0.3 is 4.43 Å². The smallest absolute Gasteiger partial charge is 0.186 e. The lowest BCUT2D eigenvalue weighted by Gasteiger charge is -2.21. The second-order valence-corrected chi connectivity index (χ2v) is 8.18. The lowest BCUT2D eigenvalue weighted by Crippen LogP contribution is -2.31. The molecule has 0 rings (SSSR count). The average Bonchev–Trinajstić information content (AvgIpc) is 2.09. The number of hydrogen-bond acceptors (Lipinski definition) is 3. The molecule has 0 saturated heterocycles. The van der Waals surface area contributed by atoms with E-state index in [9.17, 15) is 0 Å². The largest absolute Gasteiger partial charge is 0.415 e. The molecule has 0 aliphatic heterocycles. The molecule has 4 heteroatoms. The van der Waals surface area contributed by atoms with E-state index in [0.717, 1.165) is 0 Å². The van der Waals surface area contributed by atoms with Gasteiger partial charge in [-0.05, 0) is 31.4 Å². The van der Waals surface area contributed by atoms with E-state index < -0.39 is 8.32 Å². The van der Waals surface area contributed by atoms with E-state index in [1.165, 1.54) is 18.9 Å². The van der Waals surface area contributed by atoms with E-state index in [1.54, 1.807) is 0 Å². The molecule has 0 fully saturated rings. The van der Waals surface area contributed by atoms with Gasteiger partial charge in [0.1, 0.15) is 0 Å². The predicted molar refractivity (Wildman–Crippen MR) is 63.0 cm³/mol. The number of unbranched alkanes of at least 4 members (excludes halogenated alkanes) is 1. The van der Waals surface area contributed by atoms with E-state index in [4.69, 9.17) is 4.43 Å². The monoisotopic (exact) mass is 217 g/mol. The summed E-state index contributed by atoms with van der Waals surface area (Å²) < 4.78 is 5.79. The van der Waals surface area contributed by atoms with E-state index in [2.05, 4.69) is 42.4 Å². The summed E-state index contributed by atoms with van der Waals surface area (Å²) in [6, 6.07) is 1.24. The van der Waals surface area contributed by atoms with Gasteiger partial charge in [0.15, 0.2) is 8.32 Å². The van der Waals surface area contributed by atoms with Crippen molar-refractivity contribution in [3.63, 3.8) is 0 Å². The molecule has 0 aliphatic carbocycles. The molecule has 2 nitrogen and oxygen atoms in total. The highest BCUT2D eigenvalue weighted by Crippen LogP contribution is 2.14. The van der Waals surface area contributed by atoms with Crippen LogP contribution in [0.5, 0.6) is 0 Å². The molecule has 76 valence electrons. The van der Waals surface area contributed by atoms with Crippen LogP contribution in [0.4, 0.5) is 0 Å². The highest BCUT2D eigenvalue weighted by atomic mass is 32.1. The minimum atomic E-state index is -1.40. The maximum atomic E-state index is 5.79. The summed E-state index contributed by atoms with van der Waals surface area (Å²) in [5, 5.41) is 2.34. The maximum Gasteiger partial charge on any atom is 0.186 e. The lowest BCUT2D eigenvalue weighted by atomic mass is 10.4. The molecule has 0 radical (unpaired) electrons. The van der Waals surface area contributed by atoms with Gasteiger partial charge in [-0.2, -0.15) is 0 Å². The maximum absolute atomic E-state index is 5.79. The Kier molecular flexibility index (Phi) is 7.37. The minimum Gasteiger partial charge on any atom is -0.415 e. The second-order valence-electron chi connectivity index (χ2n) is 3.68. The summed E-state index contributed by atoms with van der Waals surface area (Å²) in [7, 11) is -1.40. The summed E-state index contributed by atoms with van der Waals surface area (Å²) in [4.78, 5) is 3.82. The van der Waals surface area contributed by atoms with Gasteiger partial charge in [0.05, 0.1) is 18.3 Å². The van der Waals surface area contributed by atoms with Crippen molar-refractivity contribution in [1.82, 2.24) is 0 Å². The van der Waals surface area contributed by atoms with Gasteiger partial charge in [-0.1, -0.05) is 19.8 Å². The van der Waals surface area contributed by atoms with Crippen molar-refractivity contribution in [3.8, 4) is 0 Å². The van der Waals surface area contributed by atoms with Crippen LogP contribution in [-0.2, 0) is 4.43 Å². The number of isothiocyanates is 1. The van der Waals surface area contributed by atoms with Gasteiger partial charge in [0.25, 0.3) is 0 Å². The average molecular weight is 217 g/mol. The van der Waals surface area contributed by atoms with Crippen LogP contribution in [0.25, 0.3) is 0 Å². The molecule has 13 heavy (non-hydrogen) atoms. The Balaban J connectivity index is 3.55. The minimum absolute atomic E-state index is 0.659. The van der Waals surface area contributed by atoms with Crippen molar-refractivity contribution in [2.24, 2.45) is 4.99 Å². The zero-order valence-electron chi connectivity index (χ0n) is 8.80. The fourth-order valence-electron chi connectivity index (χ4n) is 1.09. The van der Waals surface area contributed by atoms with E-state index >= 15 is 0 Å². The van der Waals surface area contributed by atoms with Crippen LogP contribution >= 0.6 is 12.2 Å². The zero-order chi connectivity index (χ0) is 10.2. The van der Waals surface area contributed by atoms with Crippen LogP contribution in [0.1, 0.15) is 19.8 Å². The van der Waals surface area contributed by atoms with E-state index in [1.807, 2.05) is 0 Å². The number of thiocarbonyl (C=S) groups is 1. The highest BCUT2D eigenvalue weighted by molar-refractivity contribution is 7.78. The molecule has 0 unspecified atom stereocenters. The Bertz CT molecular complexity index is 178. The first-order chi connectivity index (χ1) is 6.12. The number of hydrogen-bond donors (Lipinski definition) is 0. The van der Waals surface area contributed by atoms with Crippen LogP contribution in [0.3, 0.4) is 0 Å². The van der Waals surface area contributed by atoms with Crippen LogP contribution in [0.15, 0.2) is 4.99 Å². The molecular formula is C9H19NOSSi. The first-order valence-corrected chi connectivity index (χ1v) is 8.32. The Morgan fingerprint density at radius 2 is 2.15 bits per heavy atom. The van der Waals surface area contributed by atoms with Gasteiger partial charge in [-0.3, -0.25) is 0 Å². The molecule has 0 atom stereocenters. The molecule has 0 heterocycles. The summed E-state index contributed by atoms with van der Waals surface area (Å²) in [5.74, 6) is 0.